The molecular formula is C16H17N3S. The SMILES string of the molecule is CCCNC(c1cscn1)c1cncc2ccccc12. The lowest BCUT2D eigenvalue weighted by Gasteiger charge is -2.18. The van der Waals surface area contributed by atoms with E-state index in [4.69, 9.17) is 0 Å². The number of pyridine rings is 1. The van der Waals surface area contributed by atoms with Gasteiger partial charge in [0, 0.05) is 28.7 Å². The summed E-state index contributed by atoms with van der Waals surface area (Å²) in [5, 5.41) is 8.10. The van der Waals surface area contributed by atoms with Crippen molar-refractivity contribution in [3.63, 3.8) is 0 Å². The van der Waals surface area contributed by atoms with E-state index in [1.807, 2.05) is 24.0 Å². The van der Waals surface area contributed by atoms with Gasteiger partial charge in [-0.2, -0.15) is 0 Å². The maximum atomic E-state index is 4.48. The molecule has 0 bridgehead atoms. The molecule has 0 saturated carbocycles. The van der Waals surface area contributed by atoms with Gasteiger partial charge < -0.3 is 5.32 Å². The van der Waals surface area contributed by atoms with Crippen LogP contribution in [0.1, 0.15) is 30.6 Å². The van der Waals surface area contributed by atoms with Crippen LogP contribution in [0.3, 0.4) is 0 Å². The largest absolute Gasteiger partial charge is 0.305 e. The van der Waals surface area contributed by atoms with Crippen molar-refractivity contribution in [1.82, 2.24) is 15.3 Å². The number of rotatable bonds is 5. The summed E-state index contributed by atoms with van der Waals surface area (Å²) >= 11 is 1.63. The van der Waals surface area contributed by atoms with Crippen LogP contribution in [0.2, 0.25) is 0 Å². The van der Waals surface area contributed by atoms with Crippen molar-refractivity contribution >= 4 is 22.1 Å². The maximum absolute atomic E-state index is 4.48. The fourth-order valence-corrected chi connectivity index (χ4v) is 2.98. The summed E-state index contributed by atoms with van der Waals surface area (Å²) in [6.07, 6.45) is 4.96. The molecule has 3 nitrogen and oxygen atoms in total. The zero-order chi connectivity index (χ0) is 13.8. The van der Waals surface area contributed by atoms with Gasteiger partial charge in [0.25, 0.3) is 0 Å². The molecule has 0 aliphatic carbocycles. The van der Waals surface area contributed by atoms with Gasteiger partial charge in [0.15, 0.2) is 0 Å². The van der Waals surface area contributed by atoms with Gasteiger partial charge in [-0.25, -0.2) is 4.98 Å². The molecule has 20 heavy (non-hydrogen) atoms. The number of thiazole rings is 1. The summed E-state index contributed by atoms with van der Waals surface area (Å²) < 4.78 is 0. The molecule has 1 aromatic carbocycles. The minimum absolute atomic E-state index is 0.111. The molecule has 1 unspecified atom stereocenters. The van der Waals surface area contributed by atoms with E-state index in [0.717, 1.165) is 18.7 Å². The Morgan fingerprint density at radius 2 is 2.15 bits per heavy atom. The van der Waals surface area contributed by atoms with Crippen LogP contribution in [0, 0.1) is 0 Å². The minimum Gasteiger partial charge on any atom is -0.305 e. The number of nitrogens with one attached hydrogen (secondary N) is 1. The van der Waals surface area contributed by atoms with Crippen LogP contribution in [-0.4, -0.2) is 16.5 Å². The molecule has 0 fully saturated rings. The van der Waals surface area contributed by atoms with E-state index >= 15 is 0 Å². The van der Waals surface area contributed by atoms with E-state index < -0.39 is 0 Å². The summed E-state index contributed by atoms with van der Waals surface area (Å²) in [5.41, 5.74) is 4.15. The number of fused-ring (bicyclic) bond motifs is 1. The van der Waals surface area contributed by atoms with Crippen LogP contribution in [0.4, 0.5) is 0 Å². The first-order chi connectivity index (χ1) is 9.90. The van der Waals surface area contributed by atoms with Crippen LogP contribution in [0.25, 0.3) is 10.8 Å². The summed E-state index contributed by atoms with van der Waals surface area (Å²) in [5.74, 6) is 0. The second-order valence-electron chi connectivity index (χ2n) is 4.75. The van der Waals surface area contributed by atoms with E-state index in [1.165, 1.54) is 16.3 Å². The van der Waals surface area contributed by atoms with Gasteiger partial charge in [0.2, 0.25) is 0 Å². The third-order valence-electron chi connectivity index (χ3n) is 3.36. The molecule has 2 heterocycles. The Labute approximate surface area is 122 Å². The van der Waals surface area contributed by atoms with Crippen molar-refractivity contribution in [3.05, 3.63) is 58.8 Å². The van der Waals surface area contributed by atoms with E-state index in [2.05, 4.69) is 45.8 Å². The molecular weight excluding hydrogens is 266 g/mol. The molecule has 1 N–H and O–H groups in total. The highest BCUT2D eigenvalue weighted by Gasteiger charge is 2.17. The normalized spacial score (nSPS) is 12.7. The van der Waals surface area contributed by atoms with Crippen molar-refractivity contribution in [2.24, 2.45) is 0 Å². The minimum atomic E-state index is 0.111. The number of hydrogen-bond acceptors (Lipinski definition) is 4. The molecule has 0 saturated heterocycles. The molecule has 0 amide bonds. The standard InChI is InChI=1S/C16H17N3S/c1-2-7-18-16(15-10-20-11-19-15)14-9-17-8-12-5-3-4-6-13(12)14/h3-6,8-11,16,18H,2,7H2,1H3. The molecule has 3 rings (SSSR count). The highest BCUT2D eigenvalue weighted by Crippen LogP contribution is 2.28. The summed E-state index contributed by atoms with van der Waals surface area (Å²) in [6.45, 7) is 3.14. The average Bonchev–Trinajstić information content (AvgIpc) is 3.02. The first-order valence-electron chi connectivity index (χ1n) is 6.84. The van der Waals surface area contributed by atoms with Gasteiger partial charge in [-0.3, -0.25) is 4.98 Å². The fraction of sp³-hybridized carbons (Fsp3) is 0.250. The van der Waals surface area contributed by atoms with E-state index in [-0.39, 0.29) is 6.04 Å². The number of nitrogens with zero attached hydrogens (tertiary/aromatic N) is 2. The van der Waals surface area contributed by atoms with Gasteiger partial charge in [-0.1, -0.05) is 31.2 Å². The van der Waals surface area contributed by atoms with Crippen molar-refractivity contribution in [2.45, 2.75) is 19.4 Å². The van der Waals surface area contributed by atoms with Crippen molar-refractivity contribution in [1.29, 1.82) is 0 Å². The molecule has 2 aromatic heterocycles. The second-order valence-corrected chi connectivity index (χ2v) is 5.47. The Kier molecular flexibility index (Phi) is 4.04. The highest BCUT2D eigenvalue weighted by atomic mass is 32.1. The molecule has 0 aliphatic rings. The third-order valence-corrected chi connectivity index (χ3v) is 3.96. The lowest BCUT2D eigenvalue weighted by Crippen LogP contribution is -2.23. The van der Waals surface area contributed by atoms with Gasteiger partial charge in [-0.15, -0.1) is 11.3 Å². The molecule has 102 valence electrons. The predicted octanol–water partition coefficient (Wildman–Crippen LogP) is 3.78. The van der Waals surface area contributed by atoms with Crippen LogP contribution in [0.15, 0.2) is 47.5 Å². The van der Waals surface area contributed by atoms with Crippen molar-refractivity contribution in [2.75, 3.05) is 6.54 Å². The summed E-state index contributed by atoms with van der Waals surface area (Å²) in [7, 11) is 0. The van der Waals surface area contributed by atoms with Gasteiger partial charge in [0.1, 0.15) is 0 Å². The predicted molar refractivity (Wildman–Crippen MR) is 84.0 cm³/mol. The fourth-order valence-electron chi connectivity index (χ4n) is 2.40. The highest BCUT2D eigenvalue weighted by molar-refractivity contribution is 7.07. The van der Waals surface area contributed by atoms with E-state index in [1.54, 1.807) is 11.3 Å². The zero-order valence-electron chi connectivity index (χ0n) is 11.4. The topological polar surface area (TPSA) is 37.8 Å². The Bertz CT molecular complexity index is 674. The zero-order valence-corrected chi connectivity index (χ0v) is 12.2. The lowest BCUT2D eigenvalue weighted by atomic mass is 10.00. The monoisotopic (exact) mass is 283 g/mol. The smallest absolute Gasteiger partial charge is 0.0795 e. The van der Waals surface area contributed by atoms with E-state index in [9.17, 15) is 0 Å². The second kappa shape index (κ2) is 6.11. The average molecular weight is 283 g/mol. The van der Waals surface area contributed by atoms with Gasteiger partial charge >= 0.3 is 0 Å². The molecule has 0 aliphatic heterocycles. The summed E-state index contributed by atoms with van der Waals surface area (Å²) in [6, 6.07) is 8.48. The maximum Gasteiger partial charge on any atom is 0.0795 e. The number of hydrogen-bond donors (Lipinski definition) is 1. The number of aromatic nitrogens is 2. The Balaban J connectivity index is 2.09. The Morgan fingerprint density at radius 1 is 1.25 bits per heavy atom. The molecule has 0 spiro atoms. The lowest BCUT2D eigenvalue weighted by molar-refractivity contribution is 0.590. The van der Waals surface area contributed by atoms with E-state index in [0.29, 0.717) is 0 Å². The summed E-state index contributed by atoms with van der Waals surface area (Å²) in [4.78, 5) is 8.87. The molecule has 4 heteroatoms. The van der Waals surface area contributed by atoms with Crippen LogP contribution < -0.4 is 5.32 Å². The van der Waals surface area contributed by atoms with Gasteiger partial charge in [-0.05, 0) is 18.4 Å². The molecule has 1 atom stereocenters. The Morgan fingerprint density at radius 3 is 2.95 bits per heavy atom. The Hall–Kier alpha value is -1.78. The van der Waals surface area contributed by atoms with Gasteiger partial charge in [0.05, 0.1) is 17.2 Å². The first-order valence-corrected chi connectivity index (χ1v) is 7.78. The number of benzene rings is 1. The van der Waals surface area contributed by atoms with Crippen LogP contribution in [0.5, 0.6) is 0 Å². The molecule has 0 radical (unpaired) electrons. The molecule has 3 aromatic rings. The van der Waals surface area contributed by atoms with Crippen molar-refractivity contribution < 1.29 is 0 Å². The quantitative estimate of drug-likeness (QED) is 0.774. The van der Waals surface area contributed by atoms with Crippen LogP contribution in [-0.2, 0) is 0 Å². The third kappa shape index (κ3) is 2.57. The van der Waals surface area contributed by atoms with Crippen LogP contribution >= 0.6 is 11.3 Å². The van der Waals surface area contributed by atoms with Crippen molar-refractivity contribution in [3.8, 4) is 0 Å². The first kappa shape index (κ1) is 13.2.